The molecular weight excluding hydrogens is 464 g/mol. The number of urea groups is 1. The highest BCUT2D eigenvalue weighted by Crippen LogP contribution is 2.46. The highest BCUT2D eigenvalue weighted by molar-refractivity contribution is 9.10. The fourth-order valence-electron chi connectivity index (χ4n) is 2.57. The summed E-state index contributed by atoms with van der Waals surface area (Å²) in [5, 5.41) is 21.1. The van der Waals surface area contributed by atoms with Gasteiger partial charge in [-0.25, -0.2) is 14.4 Å². The van der Waals surface area contributed by atoms with Crippen molar-refractivity contribution in [3.63, 3.8) is 0 Å². The fourth-order valence-corrected chi connectivity index (χ4v) is 4.46. The normalized spacial score (nSPS) is 10.7. The summed E-state index contributed by atoms with van der Waals surface area (Å²) >= 11 is 4.30. The van der Waals surface area contributed by atoms with Gasteiger partial charge >= 0.3 is 18.0 Å². The minimum atomic E-state index is -1.22. The maximum absolute atomic E-state index is 12.5. The van der Waals surface area contributed by atoms with Gasteiger partial charge in [0.2, 0.25) is 0 Å². The van der Waals surface area contributed by atoms with E-state index in [-0.39, 0.29) is 22.7 Å². The van der Waals surface area contributed by atoms with Crippen LogP contribution in [0.1, 0.15) is 30.4 Å². The molecule has 3 N–H and O–H groups in total. The fraction of sp³-hybridized carbons (Fsp3) is 0.316. The Hall–Kier alpha value is -2.59. The molecule has 0 aliphatic carbocycles. The van der Waals surface area contributed by atoms with Crippen LogP contribution in [0.2, 0.25) is 0 Å². The van der Waals surface area contributed by atoms with Gasteiger partial charge in [0, 0.05) is 18.3 Å². The number of aromatic carboxylic acids is 1. The van der Waals surface area contributed by atoms with Gasteiger partial charge in [0.15, 0.2) is 17.2 Å². The lowest BCUT2D eigenvalue weighted by Crippen LogP contribution is -2.43. The summed E-state index contributed by atoms with van der Waals surface area (Å²) in [5.74, 6) is -2.46. The van der Waals surface area contributed by atoms with Crippen LogP contribution in [0.3, 0.4) is 0 Å². The van der Waals surface area contributed by atoms with Gasteiger partial charge in [-0.1, -0.05) is 12.1 Å². The first-order chi connectivity index (χ1) is 13.6. The number of rotatable bonds is 8. The molecule has 8 nitrogen and oxygen atoms in total. The zero-order chi connectivity index (χ0) is 21.7. The number of hydrogen-bond donors (Lipinski definition) is 3. The number of carbonyl (C=O) groups excluding carboxylic acids is 1. The number of carbonyl (C=O) groups is 3. The van der Waals surface area contributed by atoms with Gasteiger partial charge in [-0.15, -0.1) is 11.3 Å². The van der Waals surface area contributed by atoms with Crippen LogP contribution in [0.15, 0.2) is 28.7 Å². The summed E-state index contributed by atoms with van der Waals surface area (Å²) in [7, 11) is 0. The van der Waals surface area contributed by atoms with Crippen LogP contribution in [-0.4, -0.2) is 47.4 Å². The Morgan fingerprint density at radius 1 is 1.28 bits per heavy atom. The van der Waals surface area contributed by atoms with Gasteiger partial charge in [-0.3, -0.25) is 4.90 Å². The Morgan fingerprint density at radius 2 is 1.97 bits per heavy atom. The second kappa shape index (κ2) is 9.75. The van der Waals surface area contributed by atoms with Crippen LogP contribution in [0.25, 0.3) is 10.4 Å². The number of anilines is 1. The molecule has 0 aliphatic heterocycles. The van der Waals surface area contributed by atoms with Gasteiger partial charge in [0.05, 0.1) is 9.35 Å². The van der Waals surface area contributed by atoms with E-state index in [1.54, 1.807) is 29.2 Å². The average Bonchev–Trinajstić information content (AvgIpc) is 2.97. The number of amides is 2. The smallest absolute Gasteiger partial charge is 0.349 e. The van der Waals surface area contributed by atoms with Crippen molar-refractivity contribution in [2.24, 2.45) is 0 Å². The Morgan fingerprint density at radius 3 is 2.52 bits per heavy atom. The highest BCUT2D eigenvalue weighted by atomic mass is 79.9. The summed E-state index contributed by atoms with van der Waals surface area (Å²) in [6.45, 7) is 5.39. The van der Waals surface area contributed by atoms with Gasteiger partial charge in [-0.05, 0) is 54.4 Å². The van der Waals surface area contributed by atoms with E-state index < -0.39 is 18.5 Å². The summed E-state index contributed by atoms with van der Waals surface area (Å²) in [4.78, 5) is 36.9. The first-order valence-corrected chi connectivity index (χ1v) is 10.3. The molecule has 10 heteroatoms. The van der Waals surface area contributed by atoms with E-state index in [9.17, 15) is 19.5 Å². The number of thiophene rings is 1. The summed E-state index contributed by atoms with van der Waals surface area (Å²) in [6, 6.07) is 6.85. The largest absolute Gasteiger partial charge is 0.479 e. The van der Waals surface area contributed by atoms with E-state index in [0.717, 1.165) is 11.3 Å². The van der Waals surface area contributed by atoms with Crippen molar-refractivity contribution in [2.45, 2.75) is 26.8 Å². The predicted octanol–water partition coefficient (Wildman–Crippen LogP) is 4.28. The minimum Gasteiger partial charge on any atom is -0.479 e. The number of ether oxygens (including phenoxy) is 1. The minimum absolute atomic E-state index is 0.0155. The van der Waals surface area contributed by atoms with Crippen LogP contribution in [-0.2, 0) is 4.79 Å². The van der Waals surface area contributed by atoms with E-state index in [1.165, 1.54) is 0 Å². The Labute approximate surface area is 180 Å². The van der Waals surface area contributed by atoms with E-state index in [4.69, 9.17) is 9.84 Å². The molecule has 0 saturated heterocycles. The summed E-state index contributed by atoms with van der Waals surface area (Å²) < 4.78 is 5.54. The molecule has 29 heavy (non-hydrogen) atoms. The molecule has 0 unspecified atom stereocenters. The number of carboxylic acid groups (broad SMARTS) is 2. The molecule has 0 saturated carbocycles. The van der Waals surface area contributed by atoms with E-state index in [2.05, 4.69) is 21.2 Å². The van der Waals surface area contributed by atoms with E-state index >= 15 is 0 Å². The Bertz CT molecular complexity index is 927. The lowest BCUT2D eigenvalue weighted by molar-refractivity contribution is -0.139. The quantitative estimate of drug-likeness (QED) is 0.514. The third kappa shape index (κ3) is 5.48. The number of carboxylic acids is 2. The molecule has 0 aliphatic rings. The predicted molar refractivity (Wildman–Crippen MR) is 114 cm³/mol. The molecule has 2 rings (SSSR count). The number of aliphatic carboxylic acids is 1. The first kappa shape index (κ1) is 22.7. The van der Waals surface area contributed by atoms with Gasteiger partial charge < -0.3 is 20.3 Å². The van der Waals surface area contributed by atoms with Crippen molar-refractivity contribution in [2.75, 3.05) is 18.1 Å². The maximum atomic E-state index is 12.5. The molecule has 0 radical (unpaired) electrons. The SMILES string of the molecule is CCN(C(=O)NC(C)C)c1cccc(-c2sc(C(=O)O)c(OCC(=O)O)c2Br)c1. The zero-order valence-electron chi connectivity index (χ0n) is 16.1. The average molecular weight is 485 g/mol. The van der Waals surface area contributed by atoms with E-state index in [0.29, 0.717) is 27.1 Å². The third-order valence-corrected chi connectivity index (χ3v) is 5.96. The molecule has 0 atom stereocenters. The molecule has 156 valence electrons. The lowest BCUT2D eigenvalue weighted by Gasteiger charge is -2.23. The van der Waals surface area contributed by atoms with Gasteiger partial charge in [0.1, 0.15) is 0 Å². The number of hydrogen-bond acceptors (Lipinski definition) is 5. The molecule has 1 aromatic heterocycles. The molecule has 0 spiro atoms. The second-order valence-corrected chi connectivity index (χ2v) is 8.10. The van der Waals surface area contributed by atoms with Crippen molar-refractivity contribution < 1.29 is 29.3 Å². The summed E-state index contributed by atoms with van der Waals surface area (Å²) in [6.07, 6.45) is 0. The van der Waals surface area contributed by atoms with Crippen molar-refractivity contribution in [3.8, 4) is 16.2 Å². The summed E-state index contributed by atoms with van der Waals surface area (Å²) in [5.41, 5.74) is 1.32. The molecule has 2 amide bonds. The number of nitrogens with one attached hydrogen (secondary N) is 1. The van der Waals surface area contributed by atoms with Crippen molar-refractivity contribution in [1.29, 1.82) is 0 Å². The number of nitrogens with zero attached hydrogens (tertiary/aromatic N) is 1. The van der Waals surface area contributed by atoms with Crippen molar-refractivity contribution >= 4 is 50.9 Å². The van der Waals surface area contributed by atoms with Crippen molar-refractivity contribution in [1.82, 2.24) is 5.32 Å². The molecule has 1 aromatic carbocycles. The molecular formula is C19H21BrN2O6S. The highest BCUT2D eigenvalue weighted by Gasteiger charge is 2.25. The molecule has 1 heterocycles. The van der Waals surface area contributed by atoms with Crippen LogP contribution < -0.4 is 15.0 Å². The van der Waals surface area contributed by atoms with Crippen LogP contribution in [0.5, 0.6) is 5.75 Å². The number of halogens is 1. The number of benzene rings is 1. The van der Waals surface area contributed by atoms with Crippen LogP contribution in [0, 0.1) is 0 Å². The monoisotopic (exact) mass is 484 g/mol. The molecule has 0 fully saturated rings. The van der Waals surface area contributed by atoms with Gasteiger partial charge in [0.25, 0.3) is 0 Å². The Kier molecular flexibility index (Phi) is 7.63. The van der Waals surface area contributed by atoms with E-state index in [1.807, 2.05) is 20.8 Å². The van der Waals surface area contributed by atoms with Crippen LogP contribution in [0.4, 0.5) is 10.5 Å². The molecule has 2 aromatic rings. The van der Waals surface area contributed by atoms with Crippen molar-refractivity contribution in [3.05, 3.63) is 33.6 Å². The topological polar surface area (TPSA) is 116 Å². The Balaban J connectivity index is 2.46. The third-order valence-electron chi connectivity index (χ3n) is 3.74. The van der Waals surface area contributed by atoms with Gasteiger partial charge in [-0.2, -0.15) is 0 Å². The first-order valence-electron chi connectivity index (χ1n) is 8.74. The maximum Gasteiger partial charge on any atom is 0.349 e. The zero-order valence-corrected chi connectivity index (χ0v) is 18.5. The second-order valence-electron chi connectivity index (χ2n) is 6.29. The lowest BCUT2D eigenvalue weighted by atomic mass is 10.1. The molecule has 0 bridgehead atoms. The van der Waals surface area contributed by atoms with Crippen LogP contribution >= 0.6 is 27.3 Å². The standard InChI is InChI=1S/C19H21BrN2O6S/c1-4-22(19(27)21-10(2)3)12-7-5-6-11(8-12)16-14(20)15(28-9-13(23)24)17(29-16)18(25)26/h5-8,10H,4,9H2,1-3H3,(H,21,27)(H,23,24)(H,25,26).